The van der Waals surface area contributed by atoms with Crippen LogP contribution in [0.25, 0.3) is 0 Å². The summed E-state index contributed by atoms with van der Waals surface area (Å²) in [6.45, 7) is 1.90. The van der Waals surface area contributed by atoms with Gasteiger partial charge in [-0.15, -0.1) is 6.42 Å². The molecule has 160 valence electrons. The summed E-state index contributed by atoms with van der Waals surface area (Å²) in [7, 11) is 1.55. The quantitative estimate of drug-likeness (QED) is 0.643. The van der Waals surface area contributed by atoms with E-state index in [1.54, 1.807) is 25.2 Å². The van der Waals surface area contributed by atoms with E-state index >= 15 is 0 Å². The van der Waals surface area contributed by atoms with Gasteiger partial charge >= 0.3 is 0 Å². The van der Waals surface area contributed by atoms with Crippen LogP contribution in [0, 0.1) is 19.3 Å². The van der Waals surface area contributed by atoms with Gasteiger partial charge in [0, 0.05) is 19.3 Å². The highest BCUT2D eigenvalue weighted by Crippen LogP contribution is 2.28. The van der Waals surface area contributed by atoms with Gasteiger partial charge in [0.2, 0.25) is 0 Å². The molecule has 0 fully saturated rings. The molecule has 4 rings (SSSR count). The number of amides is 2. The highest BCUT2D eigenvalue weighted by Gasteiger charge is 2.32. The average Bonchev–Trinajstić information content (AvgIpc) is 2.91. The van der Waals surface area contributed by atoms with Crippen molar-refractivity contribution in [3.05, 3.63) is 71.7 Å². The Bertz CT molecular complexity index is 1230. The summed E-state index contributed by atoms with van der Waals surface area (Å²) in [5.74, 6) is 3.32. The maximum Gasteiger partial charge on any atom is 0.270 e. The number of carbonyl (C=O) groups is 2. The first-order valence-electron chi connectivity index (χ1n) is 9.84. The molecule has 32 heavy (non-hydrogen) atoms. The van der Waals surface area contributed by atoms with Gasteiger partial charge in [0.05, 0.1) is 0 Å². The molecule has 0 aliphatic carbocycles. The molecule has 1 aromatic carbocycles. The van der Waals surface area contributed by atoms with E-state index in [1.807, 2.05) is 31.2 Å². The first-order valence-corrected chi connectivity index (χ1v) is 9.84. The molecule has 3 aromatic rings. The molecule has 0 bridgehead atoms. The molecule has 0 saturated carbocycles. The van der Waals surface area contributed by atoms with Crippen molar-refractivity contribution in [3.8, 4) is 29.6 Å². The number of aryl methyl sites for hydroxylation is 1. The molecule has 8 nitrogen and oxygen atoms in total. The van der Waals surface area contributed by atoms with Crippen molar-refractivity contribution in [2.75, 3.05) is 18.6 Å². The van der Waals surface area contributed by atoms with E-state index in [-0.39, 0.29) is 18.2 Å². The number of likely N-dealkylation sites (N-methyl/N-ethyl adjacent to an activating group) is 1. The molecule has 1 N–H and O–H groups in total. The zero-order valence-electron chi connectivity index (χ0n) is 17.5. The Morgan fingerprint density at radius 1 is 1.25 bits per heavy atom. The summed E-state index contributed by atoms with van der Waals surface area (Å²) in [4.78, 5) is 35.4. The van der Waals surface area contributed by atoms with Crippen molar-refractivity contribution in [1.29, 1.82) is 0 Å². The van der Waals surface area contributed by atoms with Crippen molar-refractivity contribution in [1.82, 2.24) is 15.3 Å². The summed E-state index contributed by atoms with van der Waals surface area (Å²) >= 11 is 0. The summed E-state index contributed by atoms with van der Waals surface area (Å²) in [6.07, 6.45) is 6.87. The largest absolute Gasteiger partial charge is 0.487 e. The number of rotatable bonds is 4. The highest BCUT2D eigenvalue weighted by molar-refractivity contribution is 6.02. The lowest BCUT2D eigenvalue weighted by atomic mass is 10.2. The van der Waals surface area contributed by atoms with Gasteiger partial charge in [0.25, 0.3) is 11.8 Å². The van der Waals surface area contributed by atoms with E-state index in [0.717, 1.165) is 5.56 Å². The summed E-state index contributed by atoms with van der Waals surface area (Å²) in [5, 5.41) is 2.68. The second-order valence-corrected chi connectivity index (χ2v) is 7.19. The number of hydrogen-bond donors (Lipinski definition) is 1. The number of carbonyl (C=O) groups excluding carboxylic acids is 2. The molecular weight excluding hydrogens is 408 g/mol. The van der Waals surface area contributed by atoms with E-state index in [4.69, 9.17) is 15.9 Å². The van der Waals surface area contributed by atoms with Crippen molar-refractivity contribution >= 4 is 17.6 Å². The maximum absolute atomic E-state index is 12.9. The summed E-state index contributed by atoms with van der Waals surface area (Å²) in [5.41, 5.74) is 1.54. The van der Waals surface area contributed by atoms with Crippen LogP contribution in [0.1, 0.15) is 21.7 Å². The Hall–Kier alpha value is -4.38. The second-order valence-electron chi connectivity index (χ2n) is 7.19. The number of benzene rings is 1. The maximum atomic E-state index is 12.9. The number of terminal acetylenes is 1. The molecule has 2 aromatic heterocycles. The lowest BCUT2D eigenvalue weighted by molar-refractivity contribution is -0.120. The SMILES string of the molecule is C#Cc1ccc2c(n1)N(C)C(=O)[C@@H](NC(=O)c1cc(Oc3cccc(C)c3)ccn1)CO2. The Balaban J connectivity index is 1.49. The Morgan fingerprint density at radius 2 is 2.06 bits per heavy atom. The predicted octanol–water partition coefficient (Wildman–Crippen LogP) is 2.71. The lowest BCUT2D eigenvalue weighted by Gasteiger charge is -2.19. The minimum absolute atomic E-state index is 0.0571. The predicted molar refractivity (Wildman–Crippen MR) is 118 cm³/mol. The average molecular weight is 428 g/mol. The fourth-order valence-electron chi connectivity index (χ4n) is 3.20. The highest BCUT2D eigenvalue weighted by atomic mass is 16.5. The summed E-state index contributed by atoms with van der Waals surface area (Å²) < 4.78 is 11.5. The van der Waals surface area contributed by atoms with Crippen LogP contribution in [0.15, 0.2) is 54.7 Å². The number of anilines is 1. The van der Waals surface area contributed by atoms with E-state index in [9.17, 15) is 9.59 Å². The van der Waals surface area contributed by atoms with Crippen LogP contribution in [0.5, 0.6) is 17.2 Å². The van der Waals surface area contributed by atoms with Crippen LogP contribution < -0.4 is 19.7 Å². The van der Waals surface area contributed by atoms with Crippen molar-refractivity contribution < 1.29 is 19.1 Å². The monoisotopic (exact) mass is 428 g/mol. The minimum atomic E-state index is -0.931. The lowest BCUT2D eigenvalue weighted by Crippen LogP contribution is -2.49. The minimum Gasteiger partial charge on any atom is -0.487 e. The molecule has 1 aliphatic rings. The molecule has 1 aliphatic heterocycles. The topological polar surface area (TPSA) is 93.7 Å². The Morgan fingerprint density at radius 3 is 2.84 bits per heavy atom. The second kappa shape index (κ2) is 8.78. The first kappa shape index (κ1) is 20.9. The fraction of sp³-hybridized carbons (Fsp3) is 0.167. The van der Waals surface area contributed by atoms with Crippen molar-refractivity contribution in [2.24, 2.45) is 0 Å². The number of nitrogens with zero attached hydrogens (tertiary/aromatic N) is 3. The van der Waals surface area contributed by atoms with Gasteiger partial charge in [-0.1, -0.05) is 18.1 Å². The number of nitrogens with one attached hydrogen (secondary N) is 1. The molecule has 0 radical (unpaired) electrons. The van der Waals surface area contributed by atoms with Gasteiger partial charge in [-0.25, -0.2) is 4.98 Å². The zero-order valence-corrected chi connectivity index (χ0v) is 17.5. The zero-order chi connectivity index (χ0) is 22.7. The molecule has 0 saturated heterocycles. The number of ether oxygens (including phenoxy) is 2. The van der Waals surface area contributed by atoms with Crippen LogP contribution in [-0.2, 0) is 4.79 Å². The number of aromatic nitrogens is 2. The third kappa shape index (κ3) is 4.37. The molecule has 0 spiro atoms. The van der Waals surface area contributed by atoms with Crippen molar-refractivity contribution in [2.45, 2.75) is 13.0 Å². The van der Waals surface area contributed by atoms with E-state index < -0.39 is 11.9 Å². The van der Waals surface area contributed by atoms with Gasteiger partial charge in [-0.3, -0.25) is 19.5 Å². The molecule has 0 unspecified atom stereocenters. The van der Waals surface area contributed by atoms with Crippen LogP contribution in [0.4, 0.5) is 5.82 Å². The third-order valence-electron chi connectivity index (χ3n) is 4.83. The van der Waals surface area contributed by atoms with Gasteiger partial charge in [-0.05, 0) is 42.8 Å². The van der Waals surface area contributed by atoms with Crippen molar-refractivity contribution in [3.63, 3.8) is 0 Å². The van der Waals surface area contributed by atoms with Crippen LogP contribution >= 0.6 is 0 Å². The molecular formula is C24H20N4O4. The van der Waals surface area contributed by atoms with E-state index in [0.29, 0.717) is 28.8 Å². The van der Waals surface area contributed by atoms with Gasteiger partial charge in [-0.2, -0.15) is 0 Å². The first-order chi connectivity index (χ1) is 15.4. The Labute approximate surface area is 185 Å². The summed E-state index contributed by atoms with van der Waals surface area (Å²) in [6, 6.07) is 13.1. The number of fused-ring (bicyclic) bond motifs is 1. The molecule has 2 amide bonds. The molecule has 1 atom stereocenters. The van der Waals surface area contributed by atoms with Crippen LogP contribution in [0.2, 0.25) is 0 Å². The fourth-order valence-corrected chi connectivity index (χ4v) is 3.20. The van der Waals surface area contributed by atoms with Gasteiger partial charge in [0.15, 0.2) is 11.6 Å². The smallest absolute Gasteiger partial charge is 0.270 e. The number of pyridine rings is 2. The normalized spacial score (nSPS) is 15.1. The van der Waals surface area contributed by atoms with Gasteiger partial charge in [0.1, 0.15) is 35.5 Å². The van der Waals surface area contributed by atoms with Gasteiger partial charge < -0.3 is 14.8 Å². The van der Waals surface area contributed by atoms with Crippen LogP contribution in [0.3, 0.4) is 0 Å². The third-order valence-corrected chi connectivity index (χ3v) is 4.83. The molecule has 8 heteroatoms. The Kier molecular flexibility index (Phi) is 5.73. The van der Waals surface area contributed by atoms with Crippen LogP contribution in [-0.4, -0.2) is 41.5 Å². The van der Waals surface area contributed by atoms with E-state index in [1.165, 1.54) is 17.2 Å². The number of hydrogen-bond acceptors (Lipinski definition) is 6. The standard InChI is InChI=1S/C24H20N4O4/c1-4-16-8-9-21-22(26-16)28(3)24(30)20(14-31-21)27-23(29)19-13-18(10-11-25-19)32-17-7-5-6-15(2)12-17/h1,5-13,20H,14H2,2-3H3,(H,27,29)/t20-/m0/s1. The van der Waals surface area contributed by atoms with E-state index in [2.05, 4.69) is 21.2 Å². The molecule has 3 heterocycles.